The van der Waals surface area contributed by atoms with Gasteiger partial charge in [0, 0.05) is 31.4 Å². The molecule has 2 aromatic carbocycles. The summed E-state index contributed by atoms with van der Waals surface area (Å²) in [4.78, 5) is 46.1. The third kappa shape index (κ3) is 9.03. The van der Waals surface area contributed by atoms with E-state index in [-0.39, 0.29) is 23.6 Å². The lowest BCUT2D eigenvalue weighted by Crippen LogP contribution is -2.33. The summed E-state index contributed by atoms with van der Waals surface area (Å²) in [7, 11) is 1.30. The quantitative estimate of drug-likeness (QED) is 0.128. The molecule has 0 N–H and O–H groups in total. The zero-order chi connectivity index (χ0) is 30.3. The Morgan fingerprint density at radius 2 is 1.55 bits per heavy atom. The van der Waals surface area contributed by atoms with Crippen LogP contribution in [0.4, 0.5) is 0 Å². The number of methoxy groups -OCH3 is 1. The minimum atomic E-state index is -0.547. The molecular formula is C34H45N3O5. The van der Waals surface area contributed by atoms with Crippen molar-refractivity contribution in [2.75, 3.05) is 26.8 Å². The number of carbonyl (C=O) groups excluding carboxylic acids is 3. The molecule has 3 aromatic rings. The van der Waals surface area contributed by atoms with Gasteiger partial charge in [0.1, 0.15) is 11.5 Å². The Labute approximate surface area is 250 Å². The number of benzene rings is 2. The molecule has 0 aliphatic rings. The van der Waals surface area contributed by atoms with Crippen LogP contribution in [-0.4, -0.2) is 59.1 Å². The molecule has 0 fully saturated rings. The number of aromatic nitrogens is 2. The number of ether oxygens (including phenoxy) is 2. The number of carbonyl (C=O) groups is 3. The number of hydrogen-bond acceptors (Lipinski definition) is 6. The summed E-state index contributed by atoms with van der Waals surface area (Å²) in [5.74, 6) is -0.702. The van der Waals surface area contributed by atoms with Crippen LogP contribution in [0.2, 0.25) is 0 Å². The van der Waals surface area contributed by atoms with Gasteiger partial charge in [-0.2, -0.15) is 0 Å². The predicted molar refractivity (Wildman–Crippen MR) is 165 cm³/mol. The van der Waals surface area contributed by atoms with Gasteiger partial charge >= 0.3 is 11.9 Å². The number of hydrogen-bond donors (Lipinski definition) is 0. The maximum atomic E-state index is 13.7. The molecule has 0 aliphatic heterocycles. The summed E-state index contributed by atoms with van der Waals surface area (Å²) in [6.07, 6.45) is 8.90. The van der Waals surface area contributed by atoms with E-state index in [1.54, 1.807) is 18.3 Å². The van der Waals surface area contributed by atoms with Crippen LogP contribution in [0.3, 0.4) is 0 Å². The van der Waals surface area contributed by atoms with Crippen molar-refractivity contribution in [2.24, 2.45) is 0 Å². The summed E-state index contributed by atoms with van der Waals surface area (Å²) < 4.78 is 12.4. The van der Waals surface area contributed by atoms with Crippen molar-refractivity contribution in [1.82, 2.24) is 14.5 Å². The van der Waals surface area contributed by atoms with Gasteiger partial charge in [0.2, 0.25) is 0 Å². The zero-order valence-electron chi connectivity index (χ0n) is 25.6. The van der Waals surface area contributed by atoms with E-state index in [1.807, 2.05) is 34.6 Å². The molecule has 1 heterocycles. The third-order valence-corrected chi connectivity index (χ3v) is 7.19. The van der Waals surface area contributed by atoms with Gasteiger partial charge in [-0.25, -0.2) is 14.6 Å². The molecule has 0 saturated carbocycles. The molecule has 1 amide bonds. The molecule has 0 atom stereocenters. The van der Waals surface area contributed by atoms with E-state index < -0.39 is 11.9 Å². The van der Waals surface area contributed by atoms with E-state index in [4.69, 9.17) is 14.5 Å². The highest BCUT2D eigenvalue weighted by Gasteiger charge is 2.25. The van der Waals surface area contributed by atoms with Crippen LogP contribution in [0.1, 0.15) is 102 Å². The second kappa shape index (κ2) is 17.1. The molecular weight excluding hydrogens is 530 g/mol. The van der Waals surface area contributed by atoms with Crippen LogP contribution in [0, 0.1) is 0 Å². The Hall–Kier alpha value is -3.94. The third-order valence-electron chi connectivity index (χ3n) is 7.19. The van der Waals surface area contributed by atoms with Crippen LogP contribution in [0.15, 0.2) is 54.7 Å². The number of aryl methyl sites for hydroxylation is 2. The van der Waals surface area contributed by atoms with Crippen LogP contribution in [-0.2, 0) is 22.4 Å². The normalized spacial score (nSPS) is 10.9. The molecule has 226 valence electrons. The van der Waals surface area contributed by atoms with Crippen LogP contribution in [0.5, 0.6) is 0 Å². The Bertz CT molecular complexity index is 1290. The van der Waals surface area contributed by atoms with Crippen molar-refractivity contribution < 1.29 is 23.9 Å². The fourth-order valence-electron chi connectivity index (χ4n) is 4.72. The van der Waals surface area contributed by atoms with Crippen molar-refractivity contribution in [1.29, 1.82) is 0 Å². The van der Waals surface area contributed by atoms with E-state index in [0.29, 0.717) is 36.7 Å². The van der Waals surface area contributed by atoms with Crippen molar-refractivity contribution in [3.63, 3.8) is 0 Å². The highest BCUT2D eigenvalue weighted by Crippen LogP contribution is 2.27. The summed E-state index contributed by atoms with van der Waals surface area (Å²) in [5, 5.41) is 0. The largest absolute Gasteiger partial charge is 0.465 e. The minimum absolute atomic E-state index is 0.113. The van der Waals surface area contributed by atoms with Crippen molar-refractivity contribution in [2.45, 2.75) is 78.7 Å². The van der Waals surface area contributed by atoms with Crippen LogP contribution >= 0.6 is 0 Å². The molecule has 3 rings (SSSR count). The molecule has 0 bridgehead atoms. The minimum Gasteiger partial charge on any atom is -0.465 e. The van der Waals surface area contributed by atoms with E-state index in [9.17, 15) is 14.4 Å². The van der Waals surface area contributed by atoms with Gasteiger partial charge in [-0.05, 0) is 55.9 Å². The maximum Gasteiger partial charge on any atom is 0.338 e. The topological polar surface area (TPSA) is 90.7 Å². The fourth-order valence-corrected chi connectivity index (χ4v) is 4.72. The average Bonchev–Trinajstić information content (AvgIpc) is 3.44. The molecule has 1 aromatic heterocycles. The fraction of sp³-hybridized carbons (Fsp3) is 0.471. The number of esters is 2. The zero-order valence-corrected chi connectivity index (χ0v) is 25.6. The number of nitrogens with zero attached hydrogens (tertiary/aromatic N) is 3. The Morgan fingerprint density at radius 1 is 0.857 bits per heavy atom. The van der Waals surface area contributed by atoms with Crippen LogP contribution in [0.25, 0.3) is 11.4 Å². The van der Waals surface area contributed by atoms with Crippen molar-refractivity contribution in [3.8, 4) is 11.4 Å². The van der Waals surface area contributed by atoms with Gasteiger partial charge < -0.3 is 18.9 Å². The van der Waals surface area contributed by atoms with Crippen LogP contribution < -0.4 is 0 Å². The number of imidazole rings is 1. The molecule has 0 saturated heterocycles. The first-order chi connectivity index (χ1) is 20.4. The number of unbranched alkanes of at least 4 members (excludes halogenated alkanes) is 3. The molecule has 8 nitrogen and oxygen atoms in total. The first kappa shape index (κ1) is 32.6. The number of rotatable bonds is 17. The van der Waals surface area contributed by atoms with Gasteiger partial charge in [-0.1, -0.05) is 70.4 Å². The van der Waals surface area contributed by atoms with Crippen molar-refractivity contribution >= 4 is 17.8 Å². The van der Waals surface area contributed by atoms with Gasteiger partial charge in [-0.15, -0.1) is 0 Å². The highest BCUT2D eigenvalue weighted by molar-refractivity contribution is 6.01. The lowest BCUT2D eigenvalue weighted by atomic mass is 10.0. The predicted octanol–water partition coefficient (Wildman–Crippen LogP) is 6.97. The molecule has 42 heavy (non-hydrogen) atoms. The lowest BCUT2D eigenvalue weighted by Gasteiger charge is -2.21. The smallest absolute Gasteiger partial charge is 0.338 e. The van der Waals surface area contributed by atoms with E-state index in [0.717, 1.165) is 51.4 Å². The molecule has 0 aliphatic carbocycles. The monoisotopic (exact) mass is 575 g/mol. The summed E-state index contributed by atoms with van der Waals surface area (Å²) in [6, 6.07) is 15.0. The summed E-state index contributed by atoms with van der Waals surface area (Å²) in [6.45, 7) is 8.46. The summed E-state index contributed by atoms with van der Waals surface area (Å²) in [5.41, 5.74) is 2.54. The molecule has 0 spiro atoms. The number of amides is 1. The van der Waals surface area contributed by atoms with E-state index >= 15 is 0 Å². The second-order valence-electron chi connectivity index (χ2n) is 10.5. The summed E-state index contributed by atoms with van der Waals surface area (Å²) >= 11 is 0. The van der Waals surface area contributed by atoms with Crippen molar-refractivity contribution in [3.05, 3.63) is 77.1 Å². The Morgan fingerprint density at radius 3 is 2.19 bits per heavy atom. The van der Waals surface area contributed by atoms with Gasteiger partial charge in [0.25, 0.3) is 5.91 Å². The second-order valence-corrected chi connectivity index (χ2v) is 10.5. The highest BCUT2D eigenvalue weighted by atomic mass is 16.5. The first-order valence-electron chi connectivity index (χ1n) is 15.2. The molecule has 0 unspecified atom stereocenters. The van der Waals surface area contributed by atoms with Gasteiger partial charge in [0.05, 0.1) is 24.8 Å². The lowest BCUT2D eigenvalue weighted by molar-refractivity contribution is 0.0500. The van der Waals surface area contributed by atoms with Gasteiger partial charge in [0.15, 0.2) is 0 Å². The standard InChI is InChI=1S/C34H45N3O5/c1-5-8-20-36(21-9-6-2)32(38)30-25-37(22-14-17-26-15-12-11-13-16-26)31(35-30)28-19-18-27(33(39)41-4)24-29(28)34(40)42-23-10-7-3/h11-13,15-16,18-19,24-25H,5-10,14,17,20-23H2,1-4H3. The first-order valence-corrected chi connectivity index (χ1v) is 15.2. The molecule has 8 heteroatoms. The maximum absolute atomic E-state index is 13.7. The van der Waals surface area contributed by atoms with E-state index in [2.05, 4.69) is 26.0 Å². The SMILES string of the molecule is CCCCOC(=O)c1cc(C(=O)OC)ccc1-c1nc(C(=O)N(CCCC)CCCC)cn1CCCc1ccccc1. The van der Waals surface area contributed by atoms with Gasteiger partial charge in [-0.3, -0.25) is 4.79 Å². The van der Waals surface area contributed by atoms with E-state index in [1.165, 1.54) is 18.7 Å². The Kier molecular flexibility index (Phi) is 13.3. The Balaban J connectivity index is 2.05. The average molecular weight is 576 g/mol. The molecule has 0 radical (unpaired) electrons.